The number of hydrogen-bond donors (Lipinski definition) is 0. The van der Waals surface area contributed by atoms with Crippen molar-refractivity contribution in [1.82, 2.24) is 4.90 Å². The van der Waals surface area contributed by atoms with Crippen LogP contribution in [0.2, 0.25) is 0 Å². The fourth-order valence-electron chi connectivity index (χ4n) is 3.67. The summed E-state index contributed by atoms with van der Waals surface area (Å²) >= 11 is 0. The summed E-state index contributed by atoms with van der Waals surface area (Å²) in [4.78, 5) is 15.1. The number of para-hydroxylation sites is 1. The van der Waals surface area contributed by atoms with Crippen LogP contribution in [0.4, 0.5) is 0 Å². The van der Waals surface area contributed by atoms with E-state index in [1.807, 2.05) is 50.2 Å². The van der Waals surface area contributed by atoms with Crippen molar-refractivity contribution < 1.29 is 14.3 Å². The number of allylic oxidation sites excluding steroid dienone is 1. The Kier molecular flexibility index (Phi) is 6.88. The van der Waals surface area contributed by atoms with Gasteiger partial charge in [-0.25, -0.2) is 0 Å². The van der Waals surface area contributed by atoms with Crippen LogP contribution >= 0.6 is 0 Å². The lowest BCUT2D eigenvalue weighted by atomic mass is 10.0. The fraction of sp³-hybridized carbons (Fsp3) is 0.375. The molecule has 0 unspecified atom stereocenters. The number of aryl methyl sites for hydroxylation is 2. The largest absolute Gasteiger partial charge is 0.496 e. The molecule has 0 atom stereocenters. The van der Waals surface area contributed by atoms with Crippen LogP contribution in [-0.2, 0) is 0 Å². The van der Waals surface area contributed by atoms with Crippen molar-refractivity contribution in [3.8, 4) is 11.5 Å². The predicted octanol–water partition coefficient (Wildman–Crippen LogP) is 4.68. The average Bonchev–Trinajstić information content (AvgIpc) is 3.21. The fourth-order valence-corrected chi connectivity index (χ4v) is 3.67. The average molecular weight is 380 g/mol. The summed E-state index contributed by atoms with van der Waals surface area (Å²) in [5.74, 6) is 1.62. The van der Waals surface area contributed by atoms with E-state index in [0.717, 1.165) is 34.7 Å². The van der Waals surface area contributed by atoms with Gasteiger partial charge in [0.15, 0.2) is 5.78 Å². The van der Waals surface area contributed by atoms with Crippen molar-refractivity contribution in [3.05, 3.63) is 64.7 Å². The van der Waals surface area contributed by atoms with Crippen LogP contribution in [0, 0.1) is 13.8 Å². The SMILES string of the molecule is COc1ccccc1/C=C/C(=O)c1cc(C)c(OCCN2CCCC2)c(C)c1. The Bertz CT molecular complexity index is 828. The molecule has 4 nitrogen and oxygen atoms in total. The molecule has 148 valence electrons. The summed E-state index contributed by atoms with van der Waals surface area (Å²) in [6, 6.07) is 11.5. The third kappa shape index (κ3) is 5.02. The standard InChI is InChI=1S/C24H29NO3/c1-18-16-21(22(26)11-10-20-8-4-5-9-23(20)27-3)17-19(2)24(18)28-15-14-25-12-6-7-13-25/h4-5,8-11,16-17H,6-7,12-15H2,1-3H3/b11-10+. The Morgan fingerprint density at radius 3 is 2.46 bits per heavy atom. The zero-order valence-electron chi connectivity index (χ0n) is 17.0. The maximum absolute atomic E-state index is 12.6. The molecule has 2 aromatic rings. The van der Waals surface area contributed by atoms with Gasteiger partial charge in [-0.3, -0.25) is 9.69 Å². The zero-order valence-corrected chi connectivity index (χ0v) is 17.0. The number of ketones is 1. The molecule has 1 aliphatic heterocycles. The molecule has 4 heteroatoms. The molecule has 3 rings (SSSR count). The van der Waals surface area contributed by atoms with E-state index in [1.165, 1.54) is 25.9 Å². The van der Waals surface area contributed by atoms with Crippen LogP contribution < -0.4 is 9.47 Å². The van der Waals surface area contributed by atoms with Gasteiger partial charge in [0.25, 0.3) is 0 Å². The molecule has 1 aliphatic rings. The highest BCUT2D eigenvalue weighted by Crippen LogP contribution is 2.26. The minimum absolute atomic E-state index is 0.0271. The van der Waals surface area contributed by atoms with Gasteiger partial charge in [-0.05, 0) is 81.3 Å². The minimum Gasteiger partial charge on any atom is -0.496 e. The number of ether oxygens (including phenoxy) is 2. The number of nitrogens with zero attached hydrogens (tertiary/aromatic N) is 1. The third-order valence-electron chi connectivity index (χ3n) is 5.15. The summed E-state index contributed by atoms with van der Waals surface area (Å²) in [5.41, 5.74) is 3.55. The Morgan fingerprint density at radius 1 is 1.11 bits per heavy atom. The van der Waals surface area contributed by atoms with Gasteiger partial charge in [-0.15, -0.1) is 0 Å². The Morgan fingerprint density at radius 2 is 1.79 bits per heavy atom. The first-order valence-corrected chi connectivity index (χ1v) is 9.90. The Balaban J connectivity index is 1.66. The molecule has 0 bridgehead atoms. The molecule has 1 fully saturated rings. The van der Waals surface area contributed by atoms with E-state index in [0.29, 0.717) is 12.2 Å². The van der Waals surface area contributed by atoms with Crippen molar-refractivity contribution >= 4 is 11.9 Å². The van der Waals surface area contributed by atoms with Gasteiger partial charge in [-0.2, -0.15) is 0 Å². The molecule has 0 N–H and O–H groups in total. The van der Waals surface area contributed by atoms with E-state index < -0.39 is 0 Å². The highest BCUT2D eigenvalue weighted by molar-refractivity contribution is 6.07. The van der Waals surface area contributed by atoms with E-state index in [4.69, 9.17) is 9.47 Å². The van der Waals surface area contributed by atoms with Crippen molar-refractivity contribution in [3.63, 3.8) is 0 Å². The molecule has 1 heterocycles. The van der Waals surface area contributed by atoms with Gasteiger partial charge in [0.05, 0.1) is 7.11 Å². The first kappa shape index (κ1) is 20.2. The second-order valence-electron chi connectivity index (χ2n) is 7.28. The van der Waals surface area contributed by atoms with Crippen LogP contribution in [0.15, 0.2) is 42.5 Å². The van der Waals surface area contributed by atoms with Gasteiger partial charge in [0.2, 0.25) is 0 Å². The number of hydrogen-bond acceptors (Lipinski definition) is 4. The van der Waals surface area contributed by atoms with Gasteiger partial charge in [-0.1, -0.05) is 18.2 Å². The lowest BCUT2D eigenvalue weighted by Crippen LogP contribution is -2.25. The van der Waals surface area contributed by atoms with Crippen LogP contribution in [-0.4, -0.2) is 44.0 Å². The summed E-state index contributed by atoms with van der Waals surface area (Å²) in [6.45, 7) is 7.99. The van der Waals surface area contributed by atoms with E-state index in [9.17, 15) is 4.79 Å². The van der Waals surface area contributed by atoms with Crippen molar-refractivity contribution in [1.29, 1.82) is 0 Å². The summed E-state index contributed by atoms with van der Waals surface area (Å²) in [5, 5.41) is 0. The molecule has 0 amide bonds. The molecule has 0 aliphatic carbocycles. The van der Waals surface area contributed by atoms with Crippen molar-refractivity contribution in [2.75, 3.05) is 33.4 Å². The smallest absolute Gasteiger partial charge is 0.185 e. The number of likely N-dealkylation sites (tertiary alicyclic amines) is 1. The van der Waals surface area contributed by atoms with Crippen LogP contribution in [0.5, 0.6) is 11.5 Å². The Labute approximate surface area is 167 Å². The topological polar surface area (TPSA) is 38.8 Å². The third-order valence-corrected chi connectivity index (χ3v) is 5.15. The molecule has 28 heavy (non-hydrogen) atoms. The second kappa shape index (κ2) is 9.56. The maximum atomic E-state index is 12.6. The number of carbonyl (C=O) groups excluding carboxylic acids is 1. The van der Waals surface area contributed by atoms with Crippen LogP contribution in [0.1, 0.15) is 39.9 Å². The lowest BCUT2D eigenvalue weighted by Gasteiger charge is -2.17. The summed E-state index contributed by atoms with van der Waals surface area (Å²) in [7, 11) is 1.63. The molecule has 2 aromatic carbocycles. The normalized spacial score (nSPS) is 14.5. The first-order valence-electron chi connectivity index (χ1n) is 9.90. The van der Waals surface area contributed by atoms with Gasteiger partial charge < -0.3 is 9.47 Å². The molecular weight excluding hydrogens is 350 g/mol. The first-order chi connectivity index (χ1) is 13.6. The number of benzene rings is 2. The zero-order chi connectivity index (χ0) is 19.9. The van der Waals surface area contributed by atoms with Crippen LogP contribution in [0.25, 0.3) is 6.08 Å². The summed E-state index contributed by atoms with van der Waals surface area (Å²) < 4.78 is 11.4. The number of rotatable bonds is 8. The molecule has 0 saturated carbocycles. The highest BCUT2D eigenvalue weighted by atomic mass is 16.5. The van der Waals surface area contributed by atoms with E-state index in [2.05, 4.69) is 4.90 Å². The highest BCUT2D eigenvalue weighted by Gasteiger charge is 2.13. The predicted molar refractivity (Wildman–Crippen MR) is 113 cm³/mol. The maximum Gasteiger partial charge on any atom is 0.185 e. The molecule has 1 saturated heterocycles. The molecular formula is C24H29NO3. The molecule has 0 radical (unpaired) electrons. The minimum atomic E-state index is -0.0271. The monoisotopic (exact) mass is 379 g/mol. The summed E-state index contributed by atoms with van der Waals surface area (Å²) in [6.07, 6.45) is 5.97. The van der Waals surface area contributed by atoms with E-state index in [1.54, 1.807) is 19.3 Å². The Hall–Kier alpha value is -2.59. The van der Waals surface area contributed by atoms with E-state index >= 15 is 0 Å². The van der Waals surface area contributed by atoms with E-state index in [-0.39, 0.29) is 5.78 Å². The van der Waals surface area contributed by atoms with Crippen molar-refractivity contribution in [2.24, 2.45) is 0 Å². The van der Waals surface area contributed by atoms with Crippen molar-refractivity contribution in [2.45, 2.75) is 26.7 Å². The second-order valence-corrected chi connectivity index (χ2v) is 7.28. The molecule has 0 spiro atoms. The quantitative estimate of drug-likeness (QED) is 0.493. The lowest BCUT2D eigenvalue weighted by molar-refractivity contribution is 0.104. The van der Waals surface area contributed by atoms with Gasteiger partial charge in [0, 0.05) is 17.7 Å². The van der Waals surface area contributed by atoms with Crippen LogP contribution in [0.3, 0.4) is 0 Å². The number of methoxy groups -OCH3 is 1. The van der Waals surface area contributed by atoms with Gasteiger partial charge >= 0.3 is 0 Å². The number of carbonyl (C=O) groups is 1. The molecule has 0 aromatic heterocycles. The van der Waals surface area contributed by atoms with Gasteiger partial charge in [0.1, 0.15) is 18.1 Å².